The number of aryl methyl sites for hydroxylation is 1. The highest BCUT2D eigenvalue weighted by Crippen LogP contribution is 2.20. The Balaban J connectivity index is 1.99. The number of thiocarbonyl (C=S) groups is 1. The Hall–Kier alpha value is -1.98. The van der Waals surface area contributed by atoms with E-state index >= 15 is 0 Å². The summed E-state index contributed by atoms with van der Waals surface area (Å²) in [7, 11) is 1.77. The summed E-state index contributed by atoms with van der Waals surface area (Å²) in [5, 5.41) is 10.1. The van der Waals surface area contributed by atoms with Crippen LogP contribution in [0.25, 0.3) is 0 Å². The normalized spacial score (nSPS) is 10.6. The van der Waals surface area contributed by atoms with Crippen molar-refractivity contribution >= 4 is 40.8 Å². The number of nitrogens with zero attached hydrogens (tertiary/aromatic N) is 3. The molecule has 1 aromatic carbocycles. The number of benzene rings is 1. The van der Waals surface area contributed by atoms with E-state index in [1.165, 1.54) is 0 Å². The lowest BCUT2D eigenvalue weighted by Gasteiger charge is -2.16. The Morgan fingerprint density at radius 1 is 1.38 bits per heavy atom. The van der Waals surface area contributed by atoms with E-state index in [1.807, 2.05) is 43.3 Å². The molecule has 0 fully saturated rings. The van der Waals surface area contributed by atoms with E-state index < -0.39 is 0 Å². The van der Waals surface area contributed by atoms with Crippen LogP contribution in [0.3, 0.4) is 0 Å². The number of aromatic nitrogens is 1. The first-order valence-electron chi connectivity index (χ1n) is 6.32. The van der Waals surface area contributed by atoms with Crippen molar-refractivity contribution in [2.24, 2.45) is 5.10 Å². The maximum absolute atomic E-state index is 6.08. The zero-order valence-electron chi connectivity index (χ0n) is 11.7. The molecule has 21 heavy (non-hydrogen) atoms. The van der Waals surface area contributed by atoms with Crippen molar-refractivity contribution in [2.45, 2.75) is 6.92 Å². The van der Waals surface area contributed by atoms with Gasteiger partial charge in [0.05, 0.1) is 11.9 Å². The van der Waals surface area contributed by atoms with Crippen molar-refractivity contribution in [1.29, 1.82) is 0 Å². The minimum atomic E-state index is 0.474. The van der Waals surface area contributed by atoms with Crippen LogP contribution in [0.1, 0.15) is 11.3 Å². The second-order valence-electron chi connectivity index (χ2n) is 4.42. The van der Waals surface area contributed by atoms with Crippen molar-refractivity contribution in [3.63, 3.8) is 0 Å². The molecule has 0 spiro atoms. The van der Waals surface area contributed by atoms with E-state index in [0.717, 1.165) is 16.9 Å². The van der Waals surface area contributed by atoms with E-state index in [2.05, 4.69) is 15.4 Å². The average Bonchev–Trinajstić information content (AvgIpc) is 2.49. The van der Waals surface area contributed by atoms with Gasteiger partial charge in [0.15, 0.2) is 5.11 Å². The lowest BCUT2D eigenvalue weighted by molar-refractivity contribution is 0.556. The molecule has 0 unspecified atom stereocenters. The number of hydrogen-bond acceptors (Lipinski definition) is 3. The number of nitrogens with one attached hydrogen (secondary N) is 1. The fraction of sp³-hybridized carbons (Fsp3) is 0.133. The van der Waals surface area contributed by atoms with Crippen LogP contribution in [0.15, 0.2) is 47.7 Å². The summed E-state index contributed by atoms with van der Waals surface area (Å²) in [5.41, 5.74) is 2.62. The van der Waals surface area contributed by atoms with Gasteiger partial charge in [-0.1, -0.05) is 23.7 Å². The minimum absolute atomic E-state index is 0.474. The summed E-state index contributed by atoms with van der Waals surface area (Å²) < 4.78 is 0. The molecular weight excluding hydrogens is 304 g/mol. The monoisotopic (exact) mass is 318 g/mol. The molecule has 0 atom stereocenters. The van der Waals surface area contributed by atoms with Gasteiger partial charge in [-0.25, -0.2) is 5.01 Å². The predicted octanol–water partition coefficient (Wildman–Crippen LogP) is 3.71. The first kappa shape index (κ1) is 15.4. The molecule has 2 aromatic rings. The van der Waals surface area contributed by atoms with Gasteiger partial charge in [-0.05, 0) is 49.0 Å². The van der Waals surface area contributed by atoms with Gasteiger partial charge >= 0.3 is 0 Å². The molecule has 0 aliphatic heterocycles. The summed E-state index contributed by atoms with van der Waals surface area (Å²) >= 11 is 11.4. The van der Waals surface area contributed by atoms with Crippen molar-refractivity contribution in [2.75, 3.05) is 12.4 Å². The Morgan fingerprint density at radius 2 is 2.19 bits per heavy atom. The minimum Gasteiger partial charge on any atom is -0.331 e. The number of anilines is 1. The highest BCUT2D eigenvalue weighted by molar-refractivity contribution is 7.80. The number of pyridine rings is 1. The topological polar surface area (TPSA) is 40.5 Å². The lowest BCUT2D eigenvalue weighted by Crippen LogP contribution is -2.26. The van der Waals surface area contributed by atoms with Crippen LogP contribution < -0.4 is 5.32 Å². The molecule has 0 amide bonds. The molecule has 6 heteroatoms. The molecule has 1 N–H and O–H groups in total. The molecule has 4 nitrogen and oxygen atoms in total. The molecule has 0 bridgehead atoms. The maximum atomic E-state index is 6.08. The van der Waals surface area contributed by atoms with Crippen molar-refractivity contribution < 1.29 is 0 Å². The first-order valence-corrected chi connectivity index (χ1v) is 7.11. The molecule has 0 saturated carbocycles. The Kier molecular flexibility index (Phi) is 5.25. The predicted molar refractivity (Wildman–Crippen MR) is 92.0 cm³/mol. The summed E-state index contributed by atoms with van der Waals surface area (Å²) in [6, 6.07) is 11.3. The van der Waals surface area contributed by atoms with Crippen LogP contribution in [-0.2, 0) is 0 Å². The van der Waals surface area contributed by atoms with Gasteiger partial charge in [0.25, 0.3) is 0 Å². The van der Waals surface area contributed by atoms with Gasteiger partial charge in [0, 0.05) is 24.0 Å². The Morgan fingerprint density at radius 3 is 2.86 bits per heavy atom. The van der Waals surface area contributed by atoms with Crippen molar-refractivity contribution in [3.8, 4) is 0 Å². The highest BCUT2D eigenvalue weighted by Gasteiger charge is 2.04. The fourth-order valence-corrected chi connectivity index (χ4v) is 1.87. The quantitative estimate of drug-likeness (QED) is 0.532. The smallest absolute Gasteiger partial charge is 0.193 e. The first-order chi connectivity index (χ1) is 10.1. The molecule has 108 valence electrons. The van der Waals surface area contributed by atoms with E-state index in [-0.39, 0.29) is 0 Å². The Bertz CT molecular complexity index is 658. The Labute approximate surface area is 134 Å². The zero-order valence-corrected chi connectivity index (χ0v) is 13.3. The summed E-state index contributed by atoms with van der Waals surface area (Å²) in [4.78, 5) is 4.16. The fourth-order valence-electron chi connectivity index (χ4n) is 1.53. The standard InChI is InChI=1S/C15H15ClN4S/c1-11-6-7-12(9-14(11)16)19-15(21)20(2)18-10-13-5-3-4-8-17-13/h3-10H,1-2H3,(H,19,21)/b18-10-. The van der Waals surface area contributed by atoms with E-state index in [0.29, 0.717) is 10.1 Å². The van der Waals surface area contributed by atoms with Crippen molar-refractivity contribution in [3.05, 3.63) is 58.9 Å². The summed E-state index contributed by atoms with van der Waals surface area (Å²) in [6.07, 6.45) is 3.36. The third-order valence-corrected chi connectivity index (χ3v) is 3.54. The van der Waals surface area contributed by atoms with Crippen LogP contribution in [0.4, 0.5) is 5.69 Å². The molecule has 0 radical (unpaired) electrons. The largest absolute Gasteiger partial charge is 0.331 e. The van der Waals surface area contributed by atoms with Gasteiger partial charge in [-0.3, -0.25) is 4.98 Å². The van der Waals surface area contributed by atoms with Crippen LogP contribution in [0.5, 0.6) is 0 Å². The van der Waals surface area contributed by atoms with Crippen LogP contribution in [0, 0.1) is 6.92 Å². The van der Waals surface area contributed by atoms with E-state index in [4.69, 9.17) is 23.8 Å². The number of hydrogen-bond donors (Lipinski definition) is 1. The molecular formula is C15H15ClN4S. The molecule has 1 aromatic heterocycles. The average molecular weight is 319 g/mol. The number of rotatable bonds is 3. The molecule has 0 saturated heterocycles. The zero-order chi connectivity index (χ0) is 15.2. The number of hydrazone groups is 1. The summed E-state index contributed by atoms with van der Waals surface area (Å²) in [6.45, 7) is 1.95. The third kappa shape index (κ3) is 4.51. The molecule has 0 aliphatic rings. The second-order valence-corrected chi connectivity index (χ2v) is 5.21. The van der Waals surface area contributed by atoms with E-state index in [9.17, 15) is 0 Å². The highest BCUT2D eigenvalue weighted by atomic mass is 35.5. The molecule has 2 rings (SSSR count). The van der Waals surface area contributed by atoms with Crippen LogP contribution >= 0.6 is 23.8 Å². The van der Waals surface area contributed by atoms with Gasteiger partial charge in [-0.2, -0.15) is 5.10 Å². The van der Waals surface area contributed by atoms with Crippen LogP contribution in [0.2, 0.25) is 5.02 Å². The van der Waals surface area contributed by atoms with Crippen molar-refractivity contribution in [1.82, 2.24) is 9.99 Å². The second kappa shape index (κ2) is 7.15. The van der Waals surface area contributed by atoms with Gasteiger partial charge in [0.1, 0.15) is 0 Å². The third-order valence-electron chi connectivity index (χ3n) is 2.77. The molecule has 0 aliphatic carbocycles. The molecule has 1 heterocycles. The van der Waals surface area contributed by atoms with Gasteiger partial charge in [-0.15, -0.1) is 0 Å². The van der Waals surface area contributed by atoms with Crippen LogP contribution in [-0.4, -0.2) is 28.4 Å². The SMILES string of the molecule is Cc1ccc(NC(=S)N(C)/N=C\c2ccccn2)cc1Cl. The lowest BCUT2D eigenvalue weighted by atomic mass is 10.2. The van der Waals surface area contributed by atoms with Gasteiger partial charge < -0.3 is 5.32 Å². The number of halogens is 1. The van der Waals surface area contributed by atoms with Gasteiger partial charge in [0.2, 0.25) is 0 Å². The van der Waals surface area contributed by atoms with E-state index in [1.54, 1.807) is 24.5 Å². The summed E-state index contributed by atoms with van der Waals surface area (Å²) in [5.74, 6) is 0. The maximum Gasteiger partial charge on any atom is 0.193 e.